The monoisotopic (exact) mass is 350 g/mol. The summed E-state index contributed by atoms with van der Waals surface area (Å²) in [4.78, 5) is 15.3. The van der Waals surface area contributed by atoms with Gasteiger partial charge >= 0.3 is 0 Å². The molecule has 0 spiro atoms. The molecule has 1 amide bonds. The summed E-state index contributed by atoms with van der Waals surface area (Å²) in [5.74, 6) is -0.425. The highest BCUT2D eigenvalue weighted by molar-refractivity contribution is 7.89. The van der Waals surface area contributed by atoms with Gasteiger partial charge < -0.3 is 4.90 Å². The number of sulfonamides is 1. The van der Waals surface area contributed by atoms with Crippen molar-refractivity contribution in [1.29, 1.82) is 0 Å². The standard InChI is InChI=1S/C16H18N2O3S2/c17-23(20,21)11-12-9-15(19)18(10-12)16(14-7-4-8-22-14)13-5-2-1-3-6-13/h1-8,12,16H,9-11H2,(H2,17,20,21). The SMILES string of the molecule is NS(=O)(=O)CC1CC(=O)N(C(c2ccccc2)c2cccs2)C1. The molecule has 2 unspecified atom stereocenters. The second-order valence-electron chi connectivity index (χ2n) is 5.77. The minimum absolute atomic E-state index is 0.0269. The van der Waals surface area contributed by atoms with E-state index in [1.54, 1.807) is 16.2 Å². The molecule has 0 aliphatic carbocycles. The van der Waals surface area contributed by atoms with Crippen LogP contribution in [-0.4, -0.2) is 31.5 Å². The van der Waals surface area contributed by atoms with Crippen molar-refractivity contribution in [1.82, 2.24) is 4.90 Å². The summed E-state index contributed by atoms with van der Waals surface area (Å²) in [6, 6.07) is 13.6. The van der Waals surface area contributed by atoms with Gasteiger partial charge in [-0.2, -0.15) is 0 Å². The van der Waals surface area contributed by atoms with Crippen LogP contribution in [0.25, 0.3) is 0 Å². The molecule has 1 fully saturated rings. The highest BCUT2D eigenvalue weighted by Gasteiger charge is 2.37. The van der Waals surface area contributed by atoms with E-state index in [9.17, 15) is 13.2 Å². The van der Waals surface area contributed by atoms with Crippen LogP contribution < -0.4 is 5.14 Å². The number of rotatable bonds is 5. The zero-order valence-corrected chi connectivity index (χ0v) is 14.1. The molecule has 2 heterocycles. The van der Waals surface area contributed by atoms with Gasteiger partial charge in [-0.05, 0) is 17.0 Å². The van der Waals surface area contributed by atoms with Crippen molar-refractivity contribution in [2.24, 2.45) is 11.1 Å². The molecule has 1 aliphatic rings. The lowest BCUT2D eigenvalue weighted by Gasteiger charge is -2.28. The van der Waals surface area contributed by atoms with Gasteiger partial charge in [-0.3, -0.25) is 4.79 Å². The Kier molecular flexibility index (Phi) is 4.52. The highest BCUT2D eigenvalue weighted by Crippen LogP contribution is 2.36. The minimum Gasteiger partial charge on any atom is -0.330 e. The van der Waals surface area contributed by atoms with Crippen LogP contribution in [0, 0.1) is 5.92 Å². The predicted octanol–water partition coefficient (Wildman–Crippen LogP) is 1.97. The second kappa shape index (κ2) is 6.43. The van der Waals surface area contributed by atoms with Crippen LogP contribution in [0.4, 0.5) is 0 Å². The fourth-order valence-corrected chi connectivity index (χ4v) is 4.82. The molecule has 7 heteroatoms. The van der Waals surface area contributed by atoms with Crippen molar-refractivity contribution in [3.05, 3.63) is 58.3 Å². The van der Waals surface area contributed by atoms with Crippen molar-refractivity contribution < 1.29 is 13.2 Å². The number of benzene rings is 1. The lowest BCUT2D eigenvalue weighted by Crippen LogP contribution is -2.31. The maximum Gasteiger partial charge on any atom is 0.223 e. The average molecular weight is 350 g/mol. The van der Waals surface area contributed by atoms with Crippen LogP contribution in [-0.2, 0) is 14.8 Å². The van der Waals surface area contributed by atoms with Crippen LogP contribution in [0.5, 0.6) is 0 Å². The Morgan fingerprint density at radius 2 is 1.96 bits per heavy atom. The number of hydrogen-bond acceptors (Lipinski definition) is 4. The van der Waals surface area contributed by atoms with E-state index < -0.39 is 10.0 Å². The van der Waals surface area contributed by atoms with Gasteiger partial charge in [-0.15, -0.1) is 11.3 Å². The molecule has 0 radical (unpaired) electrons. The first-order valence-electron chi connectivity index (χ1n) is 7.32. The van der Waals surface area contributed by atoms with Gasteiger partial charge in [0.15, 0.2) is 0 Å². The van der Waals surface area contributed by atoms with Crippen LogP contribution in [0.2, 0.25) is 0 Å². The summed E-state index contributed by atoms with van der Waals surface area (Å²) in [6.45, 7) is 0.409. The Labute approximate surface area is 139 Å². The van der Waals surface area contributed by atoms with Crippen molar-refractivity contribution in [3.8, 4) is 0 Å². The molecule has 1 aromatic carbocycles. The zero-order valence-electron chi connectivity index (χ0n) is 12.5. The smallest absolute Gasteiger partial charge is 0.223 e. The normalized spacial score (nSPS) is 20.0. The fourth-order valence-electron chi connectivity index (χ4n) is 3.08. The van der Waals surface area contributed by atoms with Crippen LogP contribution in [0.15, 0.2) is 47.8 Å². The maximum atomic E-state index is 12.5. The third-order valence-corrected chi connectivity index (χ3v) is 5.81. The summed E-state index contributed by atoms with van der Waals surface area (Å²) < 4.78 is 22.6. The number of amides is 1. The number of carbonyl (C=O) groups excluding carboxylic acids is 1. The molecular formula is C16H18N2O3S2. The summed E-state index contributed by atoms with van der Waals surface area (Å²) in [5, 5.41) is 7.11. The number of hydrogen-bond donors (Lipinski definition) is 1. The summed E-state index contributed by atoms with van der Waals surface area (Å²) >= 11 is 1.59. The molecule has 0 saturated carbocycles. The van der Waals surface area contributed by atoms with Crippen molar-refractivity contribution in [3.63, 3.8) is 0 Å². The van der Waals surface area contributed by atoms with E-state index in [1.807, 2.05) is 47.8 Å². The molecule has 122 valence electrons. The van der Waals surface area contributed by atoms with Crippen molar-refractivity contribution in [2.45, 2.75) is 12.5 Å². The zero-order chi connectivity index (χ0) is 16.4. The van der Waals surface area contributed by atoms with Gasteiger partial charge in [0.2, 0.25) is 15.9 Å². The Morgan fingerprint density at radius 3 is 2.57 bits per heavy atom. The van der Waals surface area contributed by atoms with Gasteiger partial charge in [0.1, 0.15) is 0 Å². The quantitative estimate of drug-likeness (QED) is 0.895. The topological polar surface area (TPSA) is 80.5 Å². The van der Waals surface area contributed by atoms with E-state index in [0.717, 1.165) is 10.4 Å². The first-order valence-corrected chi connectivity index (χ1v) is 9.92. The summed E-state index contributed by atoms with van der Waals surface area (Å²) in [6.07, 6.45) is 0.227. The molecule has 5 nitrogen and oxygen atoms in total. The van der Waals surface area contributed by atoms with E-state index in [2.05, 4.69) is 0 Å². The molecule has 2 N–H and O–H groups in total. The average Bonchev–Trinajstić information content (AvgIpc) is 3.10. The van der Waals surface area contributed by atoms with E-state index in [0.29, 0.717) is 6.54 Å². The van der Waals surface area contributed by atoms with Gasteiger partial charge in [0.05, 0.1) is 11.8 Å². The third-order valence-electron chi connectivity index (χ3n) is 3.95. The number of nitrogens with two attached hydrogens (primary N) is 1. The Bertz CT molecular complexity index is 773. The van der Waals surface area contributed by atoms with E-state index in [-0.39, 0.29) is 30.0 Å². The Morgan fingerprint density at radius 1 is 1.22 bits per heavy atom. The number of primary sulfonamides is 1. The van der Waals surface area contributed by atoms with E-state index in [1.165, 1.54) is 0 Å². The molecule has 1 saturated heterocycles. The van der Waals surface area contributed by atoms with Crippen LogP contribution >= 0.6 is 11.3 Å². The molecule has 3 rings (SSSR count). The number of thiophene rings is 1. The van der Waals surface area contributed by atoms with Gasteiger partial charge in [0, 0.05) is 23.8 Å². The first kappa shape index (κ1) is 16.2. The lowest BCUT2D eigenvalue weighted by atomic mass is 10.0. The van der Waals surface area contributed by atoms with E-state index >= 15 is 0 Å². The summed E-state index contributed by atoms with van der Waals surface area (Å²) in [7, 11) is -3.57. The van der Waals surface area contributed by atoms with Crippen LogP contribution in [0.1, 0.15) is 22.9 Å². The fraction of sp³-hybridized carbons (Fsp3) is 0.312. The Hall–Kier alpha value is -1.70. The molecule has 2 aromatic rings. The lowest BCUT2D eigenvalue weighted by molar-refractivity contribution is -0.129. The predicted molar refractivity (Wildman–Crippen MR) is 90.4 cm³/mol. The third kappa shape index (κ3) is 3.80. The van der Waals surface area contributed by atoms with Crippen molar-refractivity contribution >= 4 is 27.3 Å². The largest absolute Gasteiger partial charge is 0.330 e. The first-order chi connectivity index (χ1) is 10.9. The van der Waals surface area contributed by atoms with Gasteiger partial charge in [0.25, 0.3) is 0 Å². The van der Waals surface area contributed by atoms with Crippen LogP contribution in [0.3, 0.4) is 0 Å². The molecule has 2 atom stereocenters. The molecular weight excluding hydrogens is 332 g/mol. The van der Waals surface area contributed by atoms with Gasteiger partial charge in [-0.1, -0.05) is 36.4 Å². The molecule has 1 aliphatic heterocycles. The molecule has 1 aromatic heterocycles. The number of nitrogens with zero attached hydrogens (tertiary/aromatic N) is 1. The number of carbonyl (C=O) groups is 1. The van der Waals surface area contributed by atoms with Gasteiger partial charge in [-0.25, -0.2) is 13.6 Å². The number of likely N-dealkylation sites (tertiary alicyclic amines) is 1. The second-order valence-corrected chi connectivity index (χ2v) is 8.41. The van der Waals surface area contributed by atoms with E-state index in [4.69, 9.17) is 5.14 Å². The Balaban J connectivity index is 1.90. The highest BCUT2D eigenvalue weighted by atomic mass is 32.2. The minimum atomic E-state index is -3.57. The molecule has 23 heavy (non-hydrogen) atoms. The maximum absolute atomic E-state index is 12.5. The molecule has 0 bridgehead atoms. The summed E-state index contributed by atoms with van der Waals surface area (Å²) in [5.41, 5.74) is 1.03. The van der Waals surface area contributed by atoms with Crippen molar-refractivity contribution in [2.75, 3.05) is 12.3 Å².